The molecular weight excluding hydrogens is 336 g/mol. The van der Waals surface area contributed by atoms with Gasteiger partial charge < -0.3 is 19.5 Å². The maximum absolute atomic E-state index is 10.6. The first kappa shape index (κ1) is 18.7. The fourth-order valence-corrected chi connectivity index (χ4v) is 4.66. The lowest BCUT2D eigenvalue weighted by molar-refractivity contribution is -0.192. The van der Waals surface area contributed by atoms with E-state index < -0.39 is 5.60 Å². The highest BCUT2D eigenvalue weighted by molar-refractivity contribution is 8.14. The first-order valence-corrected chi connectivity index (χ1v) is 9.60. The normalized spacial score (nSPS) is 32.2. The molecule has 0 unspecified atom stereocenters. The number of ether oxygens (including phenoxy) is 2. The first-order chi connectivity index (χ1) is 11.8. The summed E-state index contributed by atoms with van der Waals surface area (Å²) in [4.78, 5) is 6.85. The summed E-state index contributed by atoms with van der Waals surface area (Å²) in [6, 6.07) is 10.1. The van der Waals surface area contributed by atoms with Crippen LogP contribution in [0, 0.1) is 5.92 Å². The Bertz CT molecular complexity index is 615. The number of nitrogens with zero attached hydrogens (tertiary/aromatic N) is 2. The quantitative estimate of drug-likeness (QED) is 0.890. The van der Waals surface area contributed by atoms with Crippen LogP contribution >= 0.6 is 11.8 Å². The van der Waals surface area contributed by atoms with Crippen molar-refractivity contribution in [2.75, 3.05) is 14.1 Å². The maximum Gasteiger partial charge on any atom is 0.161 e. The van der Waals surface area contributed by atoms with E-state index in [-0.39, 0.29) is 29.6 Å². The lowest BCUT2D eigenvalue weighted by atomic mass is 9.82. The predicted molar refractivity (Wildman–Crippen MR) is 102 cm³/mol. The zero-order valence-corrected chi connectivity index (χ0v) is 16.4. The first-order valence-electron chi connectivity index (χ1n) is 8.72. The Hall–Kier alpha value is -1.08. The van der Waals surface area contributed by atoms with Gasteiger partial charge in [-0.1, -0.05) is 49.0 Å². The molecule has 2 aliphatic rings. The van der Waals surface area contributed by atoms with Crippen LogP contribution < -0.4 is 0 Å². The van der Waals surface area contributed by atoms with E-state index in [0.29, 0.717) is 6.61 Å². The van der Waals surface area contributed by atoms with Crippen LogP contribution in [0.1, 0.15) is 26.3 Å². The standard InChI is InChI=1S/C19H28N2O3S/c1-12-15(23-11-13-9-7-6-8-10-13)14-17(24-16(12)19(2,3)22)25-18(20-14)21(4)5/h6-10,12,14-17,22H,11H2,1-5H3/t12-,14+,15-,16-,17+/m0/s1. The van der Waals surface area contributed by atoms with Gasteiger partial charge in [0.05, 0.1) is 24.4 Å². The molecule has 25 heavy (non-hydrogen) atoms. The third-order valence-corrected chi connectivity index (χ3v) is 6.04. The van der Waals surface area contributed by atoms with Crippen molar-refractivity contribution in [1.29, 1.82) is 0 Å². The van der Waals surface area contributed by atoms with Crippen LogP contribution in [0.2, 0.25) is 0 Å². The van der Waals surface area contributed by atoms with Gasteiger partial charge in [-0.2, -0.15) is 0 Å². The molecule has 1 aromatic carbocycles. The molecule has 0 aromatic heterocycles. The van der Waals surface area contributed by atoms with E-state index in [1.807, 2.05) is 37.2 Å². The fraction of sp³-hybridized carbons (Fsp3) is 0.632. The molecule has 1 saturated heterocycles. The van der Waals surface area contributed by atoms with Gasteiger partial charge in [-0.15, -0.1) is 0 Å². The van der Waals surface area contributed by atoms with E-state index in [9.17, 15) is 5.11 Å². The number of rotatable bonds is 4. The molecule has 0 bridgehead atoms. The van der Waals surface area contributed by atoms with Crippen molar-refractivity contribution in [1.82, 2.24) is 4.90 Å². The Labute approximate surface area is 154 Å². The van der Waals surface area contributed by atoms with Crippen molar-refractivity contribution < 1.29 is 14.6 Å². The number of hydrogen-bond donors (Lipinski definition) is 1. The minimum Gasteiger partial charge on any atom is -0.388 e. The Morgan fingerprint density at radius 2 is 1.96 bits per heavy atom. The van der Waals surface area contributed by atoms with Crippen molar-refractivity contribution in [3.63, 3.8) is 0 Å². The third-order valence-electron chi connectivity index (χ3n) is 4.74. The molecule has 1 aromatic rings. The van der Waals surface area contributed by atoms with Gasteiger partial charge in [0, 0.05) is 20.0 Å². The van der Waals surface area contributed by atoms with Gasteiger partial charge in [-0.05, 0) is 19.4 Å². The van der Waals surface area contributed by atoms with Gasteiger partial charge in [0.2, 0.25) is 0 Å². The van der Waals surface area contributed by atoms with Crippen LogP contribution in [-0.4, -0.2) is 58.6 Å². The number of aliphatic imine (C=N–C) groups is 1. The van der Waals surface area contributed by atoms with E-state index in [1.54, 1.807) is 25.6 Å². The zero-order chi connectivity index (χ0) is 18.2. The van der Waals surface area contributed by atoms with Crippen molar-refractivity contribution >= 4 is 16.9 Å². The summed E-state index contributed by atoms with van der Waals surface area (Å²) in [5, 5.41) is 11.5. The molecule has 3 rings (SSSR count). The smallest absolute Gasteiger partial charge is 0.161 e. The minimum atomic E-state index is -0.930. The highest BCUT2D eigenvalue weighted by Crippen LogP contribution is 2.43. The molecule has 0 spiro atoms. The Morgan fingerprint density at radius 3 is 2.56 bits per heavy atom. The van der Waals surface area contributed by atoms with Crippen LogP contribution in [0.3, 0.4) is 0 Å². The monoisotopic (exact) mass is 364 g/mol. The van der Waals surface area contributed by atoms with Crippen molar-refractivity contribution in [3.8, 4) is 0 Å². The van der Waals surface area contributed by atoms with Crippen LogP contribution in [0.25, 0.3) is 0 Å². The predicted octanol–water partition coefficient (Wildman–Crippen LogP) is 2.74. The van der Waals surface area contributed by atoms with Gasteiger partial charge in [0.1, 0.15) is 11.5 Å². The van der Waals surface area contributed by atoms with Crippen LogP contribution in [0.4, 0.5) is 0 Å². The molecule has 0 saturated carbocycles. The van der Waals surface area contributed by atoms with E-state index >= 15 is 0 Å². The lowest BCUT2D eigenvalue weighted by Crippen LogP contribution is -2.57. The second-order valence-corrected chi connectivity index (χ2v) is 8.68. The van der Waals surface area contributed by atoms with E-state index in [4.69, 9.17) is 14.5 Å². The number of fused-ring (bicyclic) bond motifs is 1. The molecule has 0 radical (unpaired) electrons. The number of benzene rings is 1. The molecule has 2 aliphatic heterocycles. The second-order valence-electron chi connectivity index (χ2n) is 7.61. The summed E-state index contributed by atoms with van der Waals surface area (Å²) in [5.41, 5.74) is 0.0889. The van der Waals surface area contributed by atoms with Gasteiger partial charge in [0.15, 0.2) is 5.17 Å². The highest BCUT2D eigenvalue weighted by atomic mass is 32.2. The molecule has 2 heterocycles. The van der Waals surface area contributed by atoms with Crippen molar-refractivity contribution in [3.05, 3.63) is 35.9 Å². The van der Waals surface area contributed by atoms with E-state index in [1.165, 1.54) is 0 Å². The molecule has 0 amide bonds. The van der Waals surface area contributed by atoms with Gasteiger partial charge in [0.25, 0.3) is 0 Å². The Morgan fingerprint density at radius 1 is 1.28 bits per heavy atom. The summed E-state index contributed by atoms with van der Waals surface area (Å²) >= 11 is 1.61. The largest absolute Gasteiger partial charge is 0.388 e. The molecular formula is C19H28N2O3S. The maximum atomic E-state index is 10.6. The second kappa shape index (κ2) is 7.27. The minimum absolute atomic E-state index is 0.0378. The fourth-order valence-electron chi connectivity index (χ4n) is 3.53. The summed E-state index contributed by atoms with van der Waals surface area (Å²) < 4.78 is 12.6. The molecule has 1 fully saturated rings. The average molecular weight is 365 g/mol. The number of thioether (sulfide) groups is 1. The van der Waals surface area contributed by atoms with Crippen LogP contribution in [0.15, 0.2) is 35.3 Å². The molecule has 138 valence electrons. The molecule has 6 heteroatoms. The Kier molecular flexibility index (Phi) is 5.44. The summed E-state index contributed by atoms with van der Waals surface area (Å²) in [7, 11) is 3.97. The van der Waals surface area contributed by atoms with Crippen LogP contribution in [-0.2, 0) is 16.1 Å². The van der Waals surface area contributed by atoms with Gasteiger partial charge in [-0.25, -0.2) is 0 Å². The van der Waals surface area contributed by atoms with Crippen molar-refractivity contribution in [2.45, 2.75) is 56.7 Å². The number of amidine groups is 1. The average Bonchev–Trinajstić information content (AvgIpc) is 2.97. The molecule has 0 aliphatic carbocycles. The summed E-state index contributed by atoms with van der Waals surface area (Å²) in [6.45, 7) is 6.23. The van der Waals surface area contributed by atoms with Crippen molar-refractivity contribution in [2.24, 2.45) is 10.9 Å². The van der Waals surface area contributed by atoms with Gasteiger partial charge in [-0.3, -0.25) is 4.99 Å². The molecule has 5 nitrogen and oxygen atoms in total. The van der Waals surface area contributed by atoms with E-state index in [2.05, 4.69) is 19.1 Å². The third kappa shape index (κ3) is 4.03. The summed E-state index contributed by atoms with van der Waals surface area (Å²) in [6.07, 6.45) is -0.390. The molecule has 1 N–H and O–H groups in total. The number of aliphatic hydroxyl groups is 1. The SMILES string of the molecule is C[C@H]1[C@H](OCc2ccccc2)[C@H]2N=C(N(C)C)S[C@H]2O[C@@H]1C(C)(C)O. The van der Waals surface area contributed by atoms with Crippen LogP contribution in [0.5, 0.6) is 0 Å². The summed E-state index contributed by atoms with van der Waals surface area (Å²) in [5.74, 6) is 0.0378. The zero-order valence-electron chi connectivity index (χ0n) is 15.5. The Balaban J connectivity index is 1.82. The molecule has 5 atom stereocenters. The number of hydrogen-bond acceptors (Lipinski definition) is 6. The van der Waals surface area contributed by atoms with Gasteiger partial charge >= 0.3 is 0 Å². The lowest BCUT2D eigenvalue weighted by Gasteiger charge is -2.45. The topological polar surface area (TPSA) is 54.3 Å². The van der Waals surface area contributed by atoms with E-state index in [0.717, 1.165) is 10.7 Å². The highest BCUT2D eigenvalue weighted by Gasteiger charge is 2.52.